The quantitative estimate of drug-likeness (QED) is 0.923. The Morgan fingerprint density at radius 3 is 2.74 bits per heavy atom. The lowest BCUT2D eigenvalue weighted by Gasteiger charge is -2.40. The van der Waals surface area contributed by atoms with E-state index < -0.39 is 6.10 Å². The number of piperazine rings is 1. The summed E-state index contributed by atoms with van der Waals surface area (Å²) in [5.41, 5.74) is 1.95. The van der Waals surface area contributed by atoms with Gasteiger partial charge in [0.15, 0.2) is 0 Å². The summed E-state index contributed by atoms with van der Waals surface area (Å²) in [6.45, 7) is 7.06. The topological polar surface area (TPSA) is 26.7 Å². The van der Waals surface area contributed by atoms with Crippen molar-refractivity contribution in [1.82, 2.24) is 4.90 Å². The van der Waals surface area contributed by atoms with Crippen LogP contribution in [-0.2, 0) is 0 Å². The van der Waals surface area contributed by atoms with Crippen molar-refractivity contribution in [3.05, 3.63) is 28.8 Å². The monoisotopic (exact) mass is 282 g/mol. The smallest absolute Gasteiger partial charge is 0.0762 e. The Morgan fingerprint density at radius 2 is 2.16 bits per heavy atom. The first-order valence-corrected chi connectivity index (χ1v) is 7.33. The average molecular weight is 283 g/mol. The van der Waals surface area contributed by atoms with E-state index in [1.807, 2.05) is 18.2 Å². The van der Waals surface area contributed by atoms with Crippen LogP contribution in [-0.4, -0.2) is 42.7 Å². The predicted molar refractivity (Wildman–Crippen MR) is 81.0 cm³/mol. The van der Waals surface area contributed by atoms with Crippen LogP contribution >= 0.6 is 11.6 Å². The van der Waals surface area contributed by atoms with Gasteiger partial charge < -0.3 is 10.0 Å². The lowest BCUT2D eigenvalue weighted by molar-refractivity contribution is 0.199. The van der Waals surface area contributed by atoms with Crippen LogP contribution in [0.2, 0.25) is 5.02 Å². The maximum Gasteiger partial charge on any atom is 0.0762 e. The lowest BCUT2D eigenvalue weighted by Crippen LogP contribution is -2.51. The summed E-state index contributed by atoms with van der Waals surface area (Å²) in [4.78, 5) is 4.76. The van der Waals surface area contributed by atoms with Crippen molar-refractivity contribution in [2.24, 2.45) is 0 Å². The largest absolute Gasteiger partial charge is 0.389 e. The minimum atomic E-state index is -0.470. The van der Waals surface area contributed by atoms with Crippen LogP contribution in [0, 0.1) is 0 Å². The van der Waals surface area contributed by atoms with E-state index in [4.69, 9.17) is 11.6 Å². The third kappa shape index (κ3) is 3.22. The molecule has 1 aromatic rings. The Morgan fingerprint density at radius 1 is 1.42 bits per heavy atom. The number of hydrogen-bond acceptors (Lipinski definition) is 3. The normalized spacial score (nSPS) is 22.6. The molecule has 0 aliphatic carbocycles. The molecule has 1 saturated heterocycles. The SMILES string of the molecule is CCC1CN(c2ccc([C@@H](C)O)cc2Cl)CCN1C. The van der Waals surface area contributed by atoms with E-state index in [-0.39, 0.29) is 0 Å². The molecule has 3 nitrogen and oxygen atoms in total. The number of aliphatic hydroxyl groups excluding tert-OH is 1. The van der Waals surface area contributed by atoms with E-state index >= 15 is 0 Å². The summed E-state index contributed by atoms with van der Waals surface area (Å²) in [7, 11) is 2.18. The molecule has 1 heterocycles. The first-order valence-electron chi connectivity index (χ1n) is 6.95. The highest BCUT2D eigenvalue weighted by atomic mass is 35.5. The number of likely N-dealkylation sites (N-methyl/N-ethyl adjacent to an activating group) is 1. The summed E-state index contributed by atoms with van der Waals surface area (Å²) in [6.07, 6.45) is 0.679. The van der Waals surface area contributed by atoms with Crippen molar-refractivity contribution in [3.63, 3.8) is 0 Å². The molecule has 1 unspecified atom stereocenters. The first kappa shape index (κ1) is 14.6. The molecule has 0 spiro atoms. The maximum absolute atomic E-state index is 9.59. The van der Waals surface area contributed by atoms with Crippen LogP contribution in [0.1, 0.15) is 31.9 Å². The fourth-order valence-electron chi connectivity index (χ4n) is 2.65. The van der Waals surface area contributed by atoms with Crippen LogP contribution in [0.15, 0.2) is 18.2 Å². The average Bonchev–Trinajstić information content (AvgIpc) is 2.39. The van der Waals surface area contributed by atoms with E-state index in [0.29, 0.717) is 6.04 Å². The Hall–Kier alpha value is -0.770. The number of anilines is 1. The Kier molecular flexibility index (Phi) is 4.71. The van der Waals surface area contributed by atoms with Crippen molar-refractivity contribution in [3.8, 4) is 0 Å². The van der Waals surface area contributed by atoms with E-state index in [9.17, 15) is 5.11 Å². The molecule has 0 bridgehead atoms. The summed E-state index contributed by atoms with van der Waals surface area (Å²) < 4.78 is 0. The van der Waals surface area contributed by atoms with Gasteiger partial charge in [-0.2, -0.15) is 0 Å². The molecule has 19 heavy (non-hydrogen) atoms. The molecule has 0 aromatic heterocycles. The summed E-state index contributed by atoms with van der Waals surface area (Å²) in [6, 6.07) is 6.45. The number of nitrogens with zero attached hydrogens (tertiary/aromatic N) is 2. The minimum absolute atomic E-state index is 0.470. The van der Waals surface area contributed by atoms with Crippen LogP contribution < -0.4 is 4.90 Å². The molecule has 106 valence electrons. The molecule has 1 fully saturated rings. The molecular weight excluding hydrogens is 260 g/mol. The van der Waals surface area contributed by atoms with Gasteiger partial charge in [0.2, 0.25) is 0 Å². The molecule has 1 aliphatic heterocycles. The molecule has 1 N–H and O–H groups in total. The van der Waals surface area contributed by atoms with Crippen molar-refractivity contribution < 1.29 is 5.11 Å². The van der Waals surface area contributed by atoms with E-state index in [2.05, 4.69) is 23.8 Å². The molecule has 2 atom stereocenters. The zero-order chi connectivity index (χ0) is 14.0. The van der Waals surface area contributed by atoms with E-state index in [1.54, 1.807) is 6.92 Å². The highest BCUT2D eigenvalue weighted by molar-refractivity contribution is 6.33. The Balaban J connectivity index is 2.18. The van der Waals surface area contributed by atoms with Crippen LogP contribution in [0.4, 0.5) is 5.69 Å². The molecule has 0 saturated carbocycles. The molecule has 1 aromatic carbocycles. The van der Waals surface area contributed by atoms with E-state index in [1.165, 1.54) is 0 Å². The first-order chi connectivity index (χ1) is 9.02. The van der Waals surface area contributed by atoms with Gasteiger partial charge in [-0.05, 0) is 38.1 Å². The minimum Gasteiger partial charge on any atom is -0.389 e. The highest BCUT2D eigenvalue weighted by Crippen LogP contribution is 2.30. The zero-order valence-electron chi connectivity index (χ0n) is 11.9. The van der Waals surface area contributed by atoms with Gasteiger partial charge in [-0.1, -0.05) is 24.6 Å². The number of benzene rings is 1. The lowest BCUT2D eigenvalue weighted by atomic mass is 10.1. The number of halogens is 1. The number of rotatable bonds is 3. The van der Waals surface area contributed by atoms with Gasteiger partial charge in [0.25, 0.3) is 0 Å². The third-order valence-corrected chi connectivity index (χ3v) is 4.35. The van der Waals surface area contributed by atoms with Gasteiger partial charge in [-0.15, -0.1) is 0 Å². The van der Waals surface area contributed by atoms with Crippen molar-refractivity contribution in [2.75, 3.05) is 31.6 Å². The van der Waals surface area contributed by atoms with Gasteiger partial charge in [-0.3, -0.25) is 4.90 Å². The van der Waals surface area contributed by atoms with Gasteiger partial charge in [0.05, 0.1) is 16.8 Å². The second kappa shape index (κ2) is 6.12. The Bertz CT molecular complexity index is 436. The predicted octanol–water partition coefficient (Wildman–Crippen LogP) is 2.92. The second-order valence-corrected chi connectivity index (χ2v) is 5.78. The van der Waals surface area contributed by atoms with Gasteiger partial charge in [0, 0.05) is 25.7 Å². The molecule has 4 heteroatoms. The zero-order valence-corrected chi connectivity index (χ0v) is 12.7. The van der Waals surface area contributed by atoms with Crippen LogP contribution in [0.25, 0.3) is 0 Å². The highest BCUT2D eigenvalue weighted by Gasteiger charge is 2.24. The maximum atomic E-state index is 9.59. The van der Waals surface area contributed by atoms with Gasteiger partial charge in [-0.25, -0.2) is 0 Å². The van der Waals surface area contributed by atoms with E-state index in [0.717, 1.165) is 42.3 Å². The van der Waals surface area contributed by atoms with Gasteiger partial charge in [0.1, 0.15) is 0 Å². The molecule has 2 rings (SSSR count). The molecular formula is C15H23ClN2O. The third-order valence-electron chi connectivity index (χ3n) is 4.04. The van der Waals surface area contributed by atoms with Gasteiger partial charge >= 0.3 is 0 Å². The fourth-order valence-corrected chi connectivity index (χ4v) is 2.95. The molecule has 0 radical (unpaired) electrons. The standard InChI is InChI=1S/C15H23ClN2O/c1-4-13-10-18(8-7-17(13)3)15-6-5-12(11(2)19)9-14(15)16/h5-6,9,11,13,19H,4,7-8,10H2,1-3H3/t11-,13?/m1/s1. The summed E-state index contributed by atoms with van der Waals surface area (Å²) in [5, 5.41) is 10.3. The molecule has 1 aliphatic rings. The van der Waals surface area contributed by atoms with Crippen LogP contribution in [0.3, 0.4) is 0 Å². The Labute approximate surface area is 120 Å². The molecule has 0 amide bonds. The second-order valence-electron chi connectivity index (χ2n) is 5.38. The van der Waals surface area contributed by atoms with Crippen LogP contribution in [0.5, 0.6) is 0 Å². The van der Waals surface area contributed by atoms with Crippen molar-refractivity contribution in [1.29, 1.82) is 0 Å². The fraction of sp³-hybridized carbons (Fsp3) is 0.600. The number of hydrogen-bond donors (Lipinski definition) is 1. The summed E-state index contributed by atoms with van der Waals surface area (Å²) in [5.74, 6) is 0. The van der Waals surface area contributed by atoms with Crippen molar-refractivity contribution >= 4 is 17.3 Å². The van der Waals surface area contributed by atoms with Crippen molar-refractivity contribution in [2.45, 2.75) is 32.4 Å². The summed E-state index contributed by atoms with van der Waals surface area (Å²) >= 11 is 6.37. The number of aliphatic hydroxyl groups is 1.